The maximum Gasteiger partial charge on any atom is 0.311 e. The van der Waals surface area contributed by atoms with Crippen LogP contribution in [0.4, 0.5) is 0 Å². The fourth-order valence-electron chi connectivity index (χ4n) is 0.953. The van der Waals surface area contributed by atoms with Gasteiger partial charge < -0.3 is 5.11 Å². The first-order valence-electron chi connectivity index (χ1n) is 2.92. The molecule has 2 unspecified atom stereocenters. The third-order valence-corrected chi connectivity index (χ3v) is 3.39. The van der Waals surface area contributed by atoms with Crippen LogP contribution in [0.5, 0.6) is 0 Å². The summed E-state index contributed by atoms with van der Waals surface area (Å²) in [6.45, 7) is 0. The van der Waals surface area contributed by atoms with Crippen LogP contribution in [0.2, 0.25) is 0 Å². The summed E-state index contributed by atoms with van der Waals surface area (Å²) in [4.78, 5) is 10.3. The van der Waals surface area contributed by atoms with Crippen LogP contribution in [-0.2, 0) is 15.7 Å². The summed E-state index contributed by atoms with van der Waals surface area (Å²) in [6.07, 6.45) is 5.12. The summed E-state index contributed by atoms with van der Waals surface area (Å²) in [7, 11) is 0.312. The second kappa shape index (κ2) is 2.21. The van der Waals surface area contributed by atoms with Gasteiger partial charge in [0.15, 0.2) is 0 Å². The molecule has 0 radical (unpaired) electrons. The number of hydrogen-bond acceptors (Lipinski definition) is 1. The molecule has 2 nitrogen and oxygen atoms in total. The number of hydrogen-bond donors (Lipinski definition) is 1. The molecule has 1 fully saturated rings. The highest BCUT2D eigenvalue weighted by molar-refractivity contribution is 7.96. The SMILES string of the molecule is C[S+](C)C1CC1C(=O)O. The van der Waals surface area contributed by atoms with Gasteiger partial charge in [0.1, 0.15) is 11.2 Å². The Labute approximate surface area is 57.6 Å². The van der Waals surface area contributed by atoms with Crippen molar-refractivity contribution in [3.8, 4) is 0 Å². The standard InChI is InChI=1S/C6H10O2S/c1-9(2)5-3-4(5)6(7)8/h4-5H,3H2,1-2H3/p+1. The molecular weight excluding hydrogens is 136 g/mol. The molecule has 52 valence electrons. The average Bonchev–Trinajstić information content (AvgIpc) is 2.39. The fraction of sp³-hybridized carbons (Fsp3) is 0.833. The van der Waals surface area contributed by atoms with Crippen molar-refractivity contribution in [2.24, 2.45) is 5.92 Å². The Balaban J connectivity index is 2.33. The summed E-state index contributed by atoms with van der Waals surface area (Å²) < 4.78 is 0. The third kappa shape index (κ3) is 1.39. The van der Waals surface area contributed by atoms with Gasteiger partial charge in [-0.2, -0.15) is 0 Å². The molecule has 0 aliphatic heterocycles. The van der Waals surface area contributed by atoms with Crippen molar-refractivity contribution in [2.75, 3.05) is 12.5 Å². The number of carboxylic acids is 1. The molecule has 0 spiro atoms. The fourth-order valence-corrected chi connectivity index (χ4v) is 2.32. The van der Waals surface area contributed by atoms with E-state index in [4.69, 9.17) is 5.11 Å². The van der Waals surface area contributed by atoms with Gasteiger partial charge in [-0.3, -0.25) is 4.79 Å². The van der Waals surface area contributed by atoms with Gasteiger partial charge in [0.2, 0.25) is 0 Å². The summed E-state index contributed by atoms with van der Waals surface area (Å²) in [5.74, 6) is -0.621. The van der Waals surface area contributed by atoms with Crippen molar-refractivity contribution in [1.82, 2.24) is 0 Å². The number of aliphatic carboxylic acids is 1. The van der Waals surface area contributed by atoms with E-state index in [1.54, 1.807) is 0 Å². The molecular formula is C6H11O2S+. The highest BCUT2D eigenvalue weighted by Crippen LogP contribution is 2.36. The molecule has 0 saturated heterocycles. The molecule has 2 atom stereocenters. The summed E-state index contributed by atoms with van der Waals surface area (Å²) in [5.41, 5.74) is 0. The topological polar surface area (TPSA) is 37.3 Å². The van der Waals surface area contributed by atoms with Gasteiger partial charge in [-0.05, 0) is 10.9 Å². The van der Waals surface area contributed by atoms with Crippen molar-refractivity contribution in [1.29, 1.82) is 0 Å². The smallest absolute Gasteiger partial charge is 0.311 e. The van der Waals surface area contributed by atoms with Gasteiger partial charge >= 0.3 is 5.97 Å². The molecule has 0 aromatic rings. The lowest BCUT2D eigenvalue weighted by Gasteiger charge is -1.89. The zero-order chi connectivity index (χ0) is 7.02. The lowest BCUT2D eigenvalue weighted by Crippen LogP contribution is -2.09. The van der Waals surface area contributed by atoms with E-state index in [1.807, 2.05) is 0 Å². The molecule has 0 aromatic heterocycles. The van der Waals surface area contributed by atoms with E-state index < -0.39 is 5.97 Å². The molecule has 0 heterocycles. The van der Waals surface area contributed by atoms with E-state index in [2.05, 4.69) is 12.5 Å². The Hall–Kier alpha value is -0.180. The van der Waals surface area contributed by atoms with E-state index in [9.17, 15) is 4.79 Å². The minimum Gasteiger partial charge on any atom is -0.481 e. The van der Waals surface area contributed by atoms with E-state index in [0.717, 1.165) is 6.42 Å². The van der Waals surface area contributed by atoms with Gasteiger partial charge in [-0.15, -0.1) is 0 Å². The zero-order valence-electron chi connectivity index (χ0n) is 5.63. The van der Waals surface area contributed by atoms with Gasteiger partial charge in [0.25, 0.3) is 0 Å². The quantitative estimate of drug-likeness (QED) is 0.572. The number of rotatable bonds is 2. The van der Waals surface area contributed by atoms with Crippen molar-refractivity contribution in [3.63, 3.8) is 0 Å². The second-order valence-corrected chi connectivity index (χ2v) is 4.96. The van der Waals surface area contributed by atoms with Crippen molar-refractivity contribution in [3.05, 3.63) is 0 Å². The third-order valence-electron chi connectivity index (χ3n) is 1.65. The van der Waals surface area contributed by atoms with Gasteiger partial charge in [-0.25, -0.2) is 0 Å². The number of carbonyl (C=O) groups is 1. The predicted molar refractivity (Wildman–Crippen MR) is 38.7 cm³/mol. The van der Waals surface area contributed by atoms with E-state index in [1.165, 1.54) is 0 Å². The molecule has 1 aliphatic carbocycles. The van der Waals surface area contributed by atoms with Crippen molar-refractivity contribution < 1.29 is 9.90 Å². The van der Waals surface area contributed by atoms with Crippen LogP contribution in [0.25, 0.3) is 0 Å². The summed E-state index contributed by atoms with van der Waals surface area (Å²) in [5, 5.41) is 8.97. The van der Waals surface area contributed by atoms with Gasteiger partial charge in [0, 0.05) is 6.42 Å². The van der Waals surface area contributed by atoms with Gasteiger partial charge in [0.05, 0.1) is 12.5 Å². The van der Waals surface area contributed by atoms with Gasteiger partial charge in [-0.1, -0.05) is 0 Å². The van der Waals surface area contributed by atoms with Crippen molar-refractivity contribution >= 4 is 16.9 Å². The average molecular weight is 147 g/mol. The largest absolute Gasteiger partial charge is 0.481 e. The highest BCUT2D eigenvalue weighted by Gasteiger charge is 2.52. The Kier molecular flexibility index (Phi) is 1.70. The van der Waals surface area contributed by atoms with Crippen molar-refractivity contribution in [2.45, 2.75) is 11.7 Å². The first kappa shape index (κ1) is 6.93. The van der Waals surface area contributed by atoms with Crippen LogP contribution in [-0.4, -0.2) is 28.8 Å². The predicted octanol–water partition coefficient (Wildman–Crippen LogP) is 0.337. The van der Waals surface area contributed by atoms with Crippen LogP contribution in [0.3, 0.4) is 0 Å². The molecule has 0 aromatic carbocycles. The molecule has 0 bridgehead atoms. The first-order chi connectivity index (χ1) is 4.13. The maximum absolute atomic E-state index is 10.3. The molecule has 1 saturated carbocycles. The van der Waals surface area contributed by atoms with Crippen LogP contribution >= 0.6 is 0 Å². The summed E-state index contributed by atoms with van der Waals surface area (Å²) in [6, 6.07) is 0. The molecule has 0 amide bonds. The first-order valence-corrected chi connectivity index (χ1v) is 5.02. The normalized spacial score (nSPS) is 32.8. The van der Waals surface area contributed by atoms with E-state index in [0.29, 0.717) is 16.1 Å². The Morgan fingerprint density at radius 1 is 1.67 bits per heavy atom. The Bertz CT molecular complexity index is 133. The van der Waals surface area contributed by atoms with Crippen LogP contribution < -0.4 is 0 Å². The van der Waals surface area contributed by atoms with E-state index >= 15 is 0 Å². The highest BCUT2D eigenvalue weighted by atomic mass is 32.2. The molecule has 1 aliphatic rings. The molecule has 9 heavy (non-hydrogen) atoms. The van der Waals surface area contributed by atoms with Crippen LogP contribution in [0.15, 0.2) is 0 Å². The number of carboxylic acid groups (broad SMARTS) is 1. The molecule has 3 heteroatoms. The monoisotopic (exact) mass is 147 g/mol. The minimum absolute atomic E-state index is 0.0108. The maximum atomic E-state index is 10.3. The Morgan fingerprint density at radius 2 is 2.22 bits per heavy atom. The zero-order valence-corrected chi connectivity index (χ0v) is 6.44. The minimum atomic E-state index is -0.610. The lowest BCUT2D eigenvalue weighted by atomic mass is 10.4. The second-order valence-electron chi connectivity index (χ2n) is 2.60. The molecule has 1 rings (SSSR count). The van der Waals surface area contributed by atoms with E-state index in [-0.39, 0.29) is 5.92 Å². The summed E-state index contributed by atoms with van der Waals surface area (Å²) >= 11 is 0. The Morgan fingerprint density at radius 3 is 2.33 bits per heavy atom. The molecule has 1 N–H and O–H groups in total. The van der Waals surface area contributed by atoms with Crippen LogP contribution in [0, 0.1) is 5.92 Å². The lowest BCUT2D eigenvalue weighted by molar-refractivity contribution is -0.138. The van der Waals surface area contributed by atoms with Crippen LogP contribution in [0.1, 0.15) is 6.42 Å².